The Hall–Kier alpha value is -2.36. The van der Waals surface area contributed by atoms with Gasteiger partial charge in [0.25, 0.3) is 0 Å². The Morgan fingerprint density at radius 2 is 1.85 bits per heavy atom. The van der Waals surface area contributed by atoms with Crippen LogP contribution in [0.5, 0.6) is 5.75 Å². The van der Waals surface area contributed by atoms with Crippen LogP contribution in [-0.2, 0) is 14.3 Å². The minimum atomic E-state index is -0.376. The van der Waals surface area contributed by atoms with E-state index in [4.69, 9.17) is 9.47 Å². The number of rotatable bonds is 7. The van der Waals surface area contributed by atoms with Gasteiger partial charge in [0, 0.05) is 11.8 Å². The fraction of sp³-hybridized carbons (Fsp3) is 0.250. The molecule has 0 aliphatic rings. The highest BCUT2D eigenvalue weighted by molar-refractivity contribution is 5.88. The number of fused-ring (bicyclic) bond motifs is 1. The molecule has 0 amide bonds. The lowest BCUT2D eigenvalue weighted by Crippen LogP contribution is -2.12. The van der Waals surface area contributed by atoms with Gasteiger partial charge in [-0.3, -0.25) is 4.79 Å². The van der Waals surface area contributed by atoms with Crippen molar-refractivity contribution in [2.24, 2.45) is 0 Å². The SMILES string of the molecule is O=CCCC(=O)OCCOc1cccc2ccccc12. The molecule has 0 aliphatic heterocycles. The molecule has 0 atom stereocenters. The summed E-state index contributed by atoms with van der Waals surface area (Å²) in [5.74, 6) is 0.394. The third-order valence-corrected chi connectivity index (χ3v) is 2.82. The molecule has 4 nitrogen and oxygen atoms in total. The predicted octanol–water partition coefficient (Wildman–Crippen LogP) is 2.74. The molecule has 20 heavy (non-hydrogen) atoms. The van der Waals surface area contributed by atoms with Crippen LogP contribution in [0, 0.1) is 0 Å². The lowest BCUT2D eigenvalue weighted by molar-refractivity contribution is -0.144. The van der Waals surface area contributed by atoms with Gasteiger partial charge < -0.3 is 14.3 Å². The third-order valence-electron chi connectivity index (χ3n) is 2.82. The van der Waals surface area contributed by atoms with Crippen LogP contribution in [-0.4, -0.2) is 25.5 Å². The van der Waals surface area contributed by atoms with Gasteiger partial charge in [0.15, 0.2) is 0 Å². The van der Waals surface area contributed by atoms with Gasteiger partial charge in [-0.1, -0.05) is 36.4 Å². The average Bonchev–Trinajstić information content (AvgIpc) is 2.49. The number of benzene rings is 2. The van der Waals surface area contributed by atoms with Crippen LogP contribution in [0.3, 0.4) is 0 Å². The van der Waals surface area contributed by atoms with Crippen molar-refractivity contribution in [2.75, 3.05) is 13.2 Å². The standard InChI is InChI=1S/C16H16O4/c17-10-4-9-16(18)20-12-11-19-15-8-3-6-13-5-1-2-7-14(13)15/h1-3,5-8,10H,4,9,11-12H2. The van der Waals surface area contributed by atoms with E-state index in [0.29, 0.717) is 12.9 Å². The summed E-state index contributed by atoms with van der Waals surface area (Å²) >= 11 is 0. The quantitative estimate of drug-likeness (QED) is 0.442. The van der Waals surface area contributed by atoms with Gasteiger partial charge in [0.1, 0.15) is 25.2 Å². The van der Waals surface area contributed by atoms with E-state index < -0.39 is 0 Å². The molecule has 2 aromatic rings. The van der Waals surface area contributed by atoms with E-state index in [1.54, 1.807) is 0 Å². The topological polar surface area (TPSA) is 52.6 Å². The molecule has 2 rings (SSSR count). The smallest absolute Gasteiger partial charge is 0.306 e. The van der Waals surface area contributed by atoms with E-state index in [1.165, 1.54) is 0 Å². The highest BCUT2D eigenvalue weighted by atomic mass is 16.6. The Morgan fingerprint density at radius 1 is 1.05 bits per heavy atom. The lowest BCUT2D eigenvalue weighted by Gasteiger charge is -2.09. The zero-order valence-electron chi connectivity index (χ0n) is 11.1. The molecular weight excluding hydrogens is 256 g/mol. The van der Waals surface area contributed by atoms with E-state index >= 15 is 0 Å². The molecule has 0 bridgehead atoms. The Labute approximate surface area is 117 Å². The average molecular weight is 272 g/mol. The van der Waals surface area contributed by atoms with Crippen molar-refractivity contribution in [3.05, 3.63) is 42.5 Å². The summed E-state index contributed by atoms with van der Waals surface area (Å²) in [6.45, 7) is 0.474. The van der Waals surface area contributed by atoms with Gasteiger partial charge in [0.2, 0.25) is 0 Å². The molecule has 0 unspecified atom stereocenters. The third kappa shape index (κ3) is 3.82. The van der Waals surface area contributed by atoms with Crippen molar-refractivity contribution in [3.8, 4) is 5.75 Å². The number of hydrogen-bond donors (Lipinski definition) is 0. The summed E-state index contributed by atoms with van der Waals surface area (Å²) < 4.78 is 10.6. The van der Waals surface area contributed by atoms with Gasteiger partial charge in [0.05, 0.1) is 6.42 Å². The van der Waals surface area contributed by atoms with E-state index in [9.17, 15) is 9.59 Å². The van der Waals surface area contributed by atoms with Gasteiger partial charge in [-0.15, -0.1) is 0 Å². The highest BCUT2D eigenvalue weighted by Gasteiger charge is 2.03. The van der Waals surface area contributed by atoms with Gasteiger partial charge in [-0.05, 0) is 11.5 Å². The minimum absolute atomic E-state index is 0.123. The maximum absolute atomic E-state index is 11.2. The Morgan fingerprint density at radius 3 is 2.70 bits per heavy atom. The minimum Gasteiger partial charge on any atom is -0.489 e. The maximum Gasteiger partial charge on any atom is 0.306 e. The highest BCUT2D eigenvalue weighted by Crippen LogP contribution is 2.24. The molecule has 4 heteroatoms. The molecular formula is C16H16O4. The molecule has 0 saturated heterocycles. The predicted molar refractivity (Wildman–Crippen MR) is 75.7 cm³/mol. The number of carbonyl (C=O) groups is 2. The first-order valence-electron chi connectivity index (χ1n) is 6.51. The molecule has 0 spiro atoms. The molecule has 0 aromatic heterocycles. The molecule has 0 aliphatic carbocycles. The number of aldehydes is 1. The first-order chi connectivity index (χ1) is 9.81. The lowest BCUT2D eigenvalue weighted by atomic mass is 10.1. The molecule has 0 saturated carbocycles. The van der Waals surface area contributed by atoms with Gasteiger partial charge >= 0.3 is 5.97 Å². The molecule has 104 valence electrons. The Bertz CT molecular complexity index is 587. The van der Waals surface area contributed by atoms with E-state index in [1.807, 2.05) is 42.5 Å². The molecule has 0 N–H and O–H groups in total. The van der Waals surface area contributed by atoms with Crippen LogP contribution in [0.25, 0.3) is 10.8 Å². The zero-order valence-corrected chi connectivity index (χ0v) is 11.1. The summed E-state index contributed by atoms with van der Waals surface area (Å²) in [5, 5.41) is 2.13. The van der Waals surface area contributed by atoms with Crippen LogP contribution in [0.4, 0.5) is 0 Å². The van der Waals surface area contributed by atoms with E-state index in [0.717, 1.165) is 16.5 Å². The summed E-state index contributed by atoms with van der Waals surface area (Å²) in [6.07, 6.45) is 1.02. The summed E-state index contributed by atoms with van der Waals surface area (Å²) in [5.41, 5.74) is 0. The van der Waals surface area contributed by atoms with Crippen molar-refractivity contribution in [1.29, 1.82) is 0 Å². The summed E-state index contributed by atoms with van der Waals surface area (Å²) in [4.78, 5) is 21.3. The molecule has 2 aromatic carbocycles. The van der Waals surface area contributed by atoms with Crippen LogP contribution in [0.1, 0.15) is 12.8 Å². The second kappa shape index (κ2) is 7.28. The van der Waals surface area contributed by atoms with Crippen molar-refractivity contribution >= 4 is 23.0 Å². The van der Waals surface area contributed by atoms with Gasteiger partial charge in [-0.2, -0.15) is 0 Å². The fourth-order valence-corrected chi connectivity index (χ4v) is 1.88. The van der Waals surface area contributed by atoms with Crippen LogP contribution in [0.2, 0.25) is 0 Å². The molecule has 0 fully saturated rings. The second-order valence-electron chi connectivity index (χ2n) is 4.25. The van der Waals surface area contributed by atoms with Gasteiger partial charge in [-0.25, -0.2) is 0 Å². The van der Waals surface area contributed by atoms with Crippen molar-refractivity contribution in [3.63, 3.8) is 0 Å². The number of hydrogen-bond acceptors (Lipinski definition) is 4. The molecule has 0 heterocycles. The van der Waals surface area contributed by atoms with Crippen molar-refractivity contribution < 1.29 is 19.1 Å². The first kappa shape index (κ1) is 14.1. The van der Waals surface area contributed by atoms with E-state index in [2.05, 4.69) is 0 Å². The monoisotopic (exact) mass is 272 g/mol. The second-order valence-corrected chi connectivity index (χ2v) is 4.25. The number of esters is 1. The Kier molecular flexibility index (Phi) is 5.12. The van der Waals surface area contributed by atoms with Crippen LogP contribution < -0.4 is 4.74 Å². The first-order valence-corrected chi connectivity index (χ1v) is 6.51. The fourth-order valence-electron chi connectivity index (χ4n) is 1.88. The molecule has 0 radical (unpaired) electrons. The largest absolute Gasteiger partial charge is 0.489 e. The number of ether oxygens (including phenoxy) is 2. The summed E-state index contributed by atoms with van der Waals surface area (Å²) in [6, 6.07) is 13.8. The van der Waals surface area contributed by atoms with Crippen molar-refractivity contribution in [1.82, 2.24) is 0 Å². The number of carbonyl (C=O) groups excluding carboxylic acids is 2. The van der Waals surface area contributed by atoms with Crippen LogP contribution in [0.15, 0.2) is 42.5 Å². The van der Waals surface area contributed by atoms with Crippen LogP contribution >= 0.6 is 0 Å². The maximum atomic E-state index is 11.2. The van der Waals surface area contributed by atoms with Crippen molar-refractivity contribution in [2.45, 2.75) is 12.8 Å². The van der Waals surface area contributed by atoms with E-state index in [-0.39, 0.29) is 25.4 Å². The zero-order chi connectivity index (χ0) is 14.2. The normalized spacial score (nSPS) is 10.2. The summed E-state index contributed by atoms with van der Waals surface area (Å²) in [7, 11) is 0. The Balaban J connectivity index is 1.84.